The van der Waals surface area contributed by atoms with Crippen molar-refractivity contribution >= 4 is 11.8 Å². The maximum atomic E-state index is 13.4. The van der Waals surface area contributed by atoms with E-state index in [1.807, 2.05) is 32.0 Å². The van der Waals surface area contributed by atoms with Gasteiger partial charge in [-0.2, -0.15) is 13.2 Å². The van der Waals surface area contributed by atoms with Gasteiger partial charge in [0.1, 0.15) is 0 Å². The molecule has 1 N–H and O–H groups in total. The van der Waals surface area contributed by atoms with Gasteiger partial charge in [-0.05, 0) is 42.2 Å². The predicted octanol–water partition coefficient (Wildman–Crippen LogP) is 4.68. The fraction of sp³-hybridized carbons (Fsp3) is 0.462. The van der Waals surface area contributed by atoms with Crippen molar-refractivity contribution in [2.75, 3.05) is 13.1 Å². The van der Waals surface area contributed by atoms with E-state index in [-0.39, 0.29) is 30.3 Å². The number of hydrogen-bond donors (Lipinski definition) is 1. The second kappa shape index (κ2) is 9.41. The third kappa shape index (κ3) is 4.97. The zero-order valence-corrected chi connectivity index (χ0v) is 19.4. The summed E-state index contributed by atoms with van der Waals surface area (Å²) in [6.07, 6.45) is -2.76. The van der Waals surface area contributed by atoms with Crippen LogP contribution in [0.4, 0.5) is 13.2 Å². The highest BCUT2D eigenvalue weighted by molar-refractivity contribution is 5.94. The van der Waals surface area contributed by atoms with Gasteiger partial charge in [-0.3, -0.25) is 14.9 Å². The Morgan fingerprint density at radius 1 is 1.09 bits per heavy atom. The van der Waals surface area contributed by atoms with Gasteiger partial charge < -0.3 is 9.80 Å². The van der Waals surface area contributed by atoms with Gasteiger partial charge in [0.15, 0.2) is 0 Å². The van der Waals surface area contributed by atoms with E-state index in [4.69, 9.17) is 0 Å². The summed E-state index contributed by atoms with van der Waals surface area (Å²) in [5.41, 5.74) is -0.344. The van der Waals surface area contributed by atoms with Crippen molar-refractivity contribution in [3.05, 3.63) is 71.3 Å². The number of alkyl halides is 3. The molecule has 2 aromatic rings. The van der Waals surface area contributed by atoms with Crippen molar-refractivity contribution in [2.45, 2.75) is 57.5 Å². The molecule has 0 aliphatic carbocycles. The van der Waals surface area contributed by atoms with Gasteiger partial charge in [-0.25, -0.2) is 0 Å². The van der Waals surface area contributed by atoms with Crippen LogP contribution in [-0.4, -0.2) is 46.4 Å². The smallest absolute Gasteiger partial charge is 0.338 e. The van der Waals surface area contributed by atoms with Gasteiger partial charge >= 0.3 is 6.18 Å². The lowest BCUT2D eigenvalue weighted by atomic mass is 9.94. The summed E-state index contributed by atoms with van der Waals surface area (Å²) >= 11 is 0. The topological polar surface area (TPSA) is 52.7 Å². The number of carbonyl (C=O) groups is 2. The molecule has 4 rings (SSSR count). The summed E-state index contributed by atoms with van der Waals surface area (Å²) in [7, 11) is 0. The van der Waals surface area contributed by atoms with Crippen LogP contribution in [0.5, 0.6) is 0 Å². The second-order valence-electron chi connectivity index (χ2n) is 9.64. The fourth-order valence-electron chi connectivity index (χ4n) is 5.01. The van der Waals surface area contributed by atoms with Crippen LogP contribution in [0.2, 0.25) is 0 Å². The first-order chi connectivity index (χ1) is 16.1. The van der Waals surface area contributed by atoms with Crippen molar-refractivity contribution in [1.29, 1.82) is 0 Å². The monoisotopic (exact) mass is 473 g/mol. The number of benzene rings is 2. The van der Waals surface area contributed by atoms with E-state index in [9.17, 15) is 22.8 Å². The molecule has 0 radical (unpaired) electrons. The lowest BCUT2D eigenvalue weighted by molar-refractivity contribution is -0.137. The number of hydrogen-bond acceptors (Lipinski definition) is 3. The van der Waals surface area contributed by atoms with Crippen molar-refractivity contribution in [3.8, 4) is 0 Å². The van der Waals surface area contributed by atoms with Crippen LogP contribution in [0.25, 0.3) is 0 Å². The molecule has 182 valence electrons. The highest BCUT2D eigenvalue weighted by atomic mass is 19.4. The maximum absolute atomic E-state index is 13.4. The SMILES string of the molecule is CC(C)CC1NC2(CCN(C(=O)c3ccccc3)CC2)N(Cc2cccc(C(F)(F)F)c2)C1=O. The molecule has 0 bridgehead atoms. The molecule has 2 amide bonds. The molecule has 8 heteroatoms. The van der Waals surface area contributed by atoms with Gasteiger partial charge in [-0.15, -0.1) is 0 Å². The number of amides is 2. The molecule has 34 heavy (non-hydrogen) atoms. The standard InChI is InChI=1S/C26H30F3N3O2/c1-18(2)15-22-24(34)32(17-19-7-6-10-21(16-19)26(27,28)29)25(30-22)11-13-31(14-12-25)23(33)20-8-4-3-5-9-20/h3-10,16,18,22,30H,11-15,17H2,1-2H3. The Bertz CT molecular complexity index is 1030. The Morgan fingerprint density at radius 3 is 2.38 bits per heavy atom. The first-order valence-corrected chi connectivity index (χ1v) is 11.7. The van der Waals surface area contributed by atoms with Crippen molar-refractivity contribution in [1.82, 2.24) is 15.1 Å². The Kier molecular flexibility index (Phi) is 6.71. The quantitative estimate of drug-likeness (QED) is 0.686. The summed E-state index contributed by atoms with van der Waals surface area (Å²) in [6.45, 7) is 5.09. The Hall–Kier alpha value is -2.87. The molecule has 2 heterocycles. The average Bonchev–Trinajstić information content (AvgIpc) is 3.04. The molecule has 1 spiro atoms. The molecule has 0 aromatic heterocycles. The van der Waals surface area contributed by atoms with Crippen molar-refractivity contribution < 1.29 is 22.8 Å². The third-order valence-corrected chi connectivity index (χ3v) is 6.72. The molecule has 5 nitrogen and oxygen atoms in total. The number of rotatable bonds is 5. The van der Waals surface area contributed by atoms with Crippen molar-refractivity contribution in [3.63, 3.8) is 0 Å². The molecule has 2 aliphatic heterocycles. The lowest BCUT2D eigenvalue weighted by Gasteiger charge is -2.44. The molecular formula is C26H30F3N3O2. The van der Waals surface area contributed by atoms with E-state index < -0.39 is 17.4 Å². The number of halogens is 3. The van der Waals surface area contributed by atoms with E-state index >= 15 is 0 Å². The Labute approximate surface area is 197 Å². The summed E-state index contributed by atoms with van der Waals surface area (Å²) in [5, 5.41) is 3.52. The van der Waals surface area contributed by atoms with E-state index in [1.165, 1.54) is 6.07 Å². The highest BCUT2D eigenvalue weighted by Crippen LogP contribution is 2.36. The van der Waals surface area contributed by atoms with Crippen LogP contribution in [0.15, 0.2) is 54.6 Å². The molecule has 1 atom stereocenters. The second-order valence-corrected chi connectivity index (χ2v) is 9.64. The van der Waals surface area contributed by atoms with E-state index in [0.29, 0.717) is 43.5 Å². The summed E-state index contributed by atoms with van der Waals surface area (Å²) in [5.74, 6) is 0.142. The normalized spacial score (nSPS) is 20.4. The number of nitrogens with one attached hydrogen (secondary N) is 1. The van der Waals surface area contributed by atoms with Gasteiger partial charge in [0, 0.05) is 38.0 Å². The Balaban J connectivity index is 1.56. The van der Waals surface area contributed by atoms with Crippen LogP contribution >= 0.6 is 0 Å². The molecule has 1 unspecified atom stereocenters. The van der Waals surface area contributed by atoms with E-state index in [1.54, 1.807) is 28.0 Å². The summed E-state index contributed by atoms with van der Waals surface area (Å²) in [4.78, 5) is 29.8. The van der Waals surface area contributed by atoms with Crippen molar-refractivity contribution in [2.24, 2.45) is 5.92 Å². The number of piperidine rings is 1. The lowest BCUT2D eigenvalue weighted by Crippen LogP contribution is -2.59. The van der Waals surface area contributed by atoms with Crippen LogP contribution < -0.4 is 5.32 Å². The summed E-state index contributed by atoms with van der Waals surface area (Å²) < 4.78 is 39.7. The van der Waals surface area contributed by atoms with Crippen LogP contribution in [0.1, 0.15) is 54.6 Å². The minimum atomic E-state index is -4.44. The largest absolute Gasteiger partial charge is 0.416 e. The molecule has 2 saturated heterocycles. The Morgan fingerprint density at radius 2 is 1.76 bits per heavy atom. The molecule has 0 saturated carbocycles. The first kappa shape index (κ1) is 24.3. The first-order valence-electron chi connectivity index (χ1n) is 11.7. The average molecular weight is 474 g/mol. The van der Waals surface area contributed by atoms with Gasteiger partial charge in [0.25, 0.3) is 5.91 Å². The van der Waals surface area contributed by atoms with Gasteiger partial charge in [0.2, 0.25) is 5.91 Å². The molecule has 2 fully saturated rings. The molecular weight excluding hydrogens is 443 g/mol. The van der Waals surface area contributed by atoms with E-state index in [2.05, 4.69) is 5.32 Å². The van der Waals surface area contributed by atoms with Crippen LogP contribution in [-0.2, 0) is 17.5 Å². The summed E-state index contributed by atoms with van der Waals surface area (Å²) in [6, 6.07) is 13.8. The number of nitrogens with zero attached hydrogens (tertiary/aromatic N) is 2. The predicted molar refractivity (Wildman–Crippen MR) is 123 cm³/mol. The third-order valence-electron chi connectivity index (χ3n) is 6.72. The zero-order valence-electron chi connectivity index (χ0n) is 19.4. The van der Waals surface area contributed by atoms with E-state index in [0.717, 1.165) is 12.1 Å². The number of likely N-dealkylation sites (tertiary alicyclic amines) is 1. The fourth-order valence-corrected chi connectivity index (χ4v) is 5.01. The minimum Gasteiger partial charge on any atom is -0.338 e. The van der Waals surface area contributed by atoms with Crippen LogP contribution in [0, 0.1) is 5.92 Å². The zero-order chi connectivity index (χ0) is 24.5. The highest BCUT2D eigenvalue weighted by Gasteiger charge is 2.51. The minimum absolute atomic E-state index is 0.0528. The molecule has 2 aromatic carbocycles. The van der Waals surface area contributed by atoms with Gasteiger partial charge in [0.05, 0.1) is 17.3 Å². The molecule has 2 aliphatic rings. The van der Waals surface area contributed by atoms with Gasteiger partial charge in [-0.1, -0.05) is 44.2 Å². The number of carbonyl (C=O) groups excluding carboxylic acids is 2. The maximum Gasteiger partial charge on any atom is 0.416 e. The van der Waals surface area contributed by atoms with Crippen LogP contribution in [0.3, 0.4) is 0 Å².